The molecule has 4 unspecified atom stereocenters. The van der Waals surface area contributed by atoms with E-state index in [0.717, 1.165) is 5.57 Å². The van der Waals surface area contributed by atoms with Gasteiger partial charge < -0.3 is 0 Å². The first kappa shape index (κ1) is 10.2. The topological polar surface area (TPSA) is 34.1 Å². The summed E-state index contributed by atoms with van der Waals surface area (Å²) in [4.78, 5) is 23.8. The number of allylic oxidation sites excluding steroid dienone is 2. The van der Waals surface area contributed by atoms with E-state index in [1.54, 1.807) is 6.08 Å². The van der Waals surface area contributed by atoms with Crippen LogP contribution < -0.4 is 0 Å². The highest BCUT2D eigenvalue weighted by atomic mass is 16.1. The lowest BCUT2D eigenvalue weighted by Gasteiger charge is -2.39. The van der Waals surface area contributed by atoms with E-state index in [-0.39, 0.29) is 28.3 Å². The molecule has 0 aromatic rings. The molecule has 3 rings (SSSR count). The van der Waals surface area contributed by atoms with Crippen LogP contribution in [0.25, 0.3) is 0 Å². The number of Topliss-reactive ketones (excluding diaryl/α,β-unsaturated/α-hetero) is 1. The van der Waals surface area contributed by atoms with Crippen molar-refractivity contribution in [3.05, 3.63) is 11.6 Å². The van der Waals surface area contributed by atoms with Gasteiger partial charge in [-0.15, -0.1) is 0 Å². The molecule has 86 valence electrons. The third kappa shape index (κ3) is 0.861. The lowest BCUT2D eigenvalue weighted by Crippen LogP contribution is -2.37. The molecular formula is C14H18O2. The quantitative estimate of drug-likeness (QED) is 0.625. The molecule has 3 aliphatic carbocycles. The Labute approximate surface area is 96.1 Å². The maximum Gasteiger partial charge on any atom is 0.163 e. The zero-order valence-electron chi connectivity index (χ0n) is 10.3. The summed E-state index contributed by atoms with van der Waals surface area (Å²) in [6.07, 6.45) is 2.23. The van der Waals surface area contributed by atoms with E-state index >= 15 is 0 Å². The second kappa shape index (κ2) is 2.49. The molecule has 0 aliphatic heterocycles. The number of hydrogen-bond acceptors (Lipinski definition) is 2. The highest BCUT2D eigenvalue weighted by Crippen LogP contribution is 2.76. The number of carbonyl (C=O) groups is 2. The van der Waals surface area contributed by atoms with E-state index in [4.69, 9.17) is 0 Å². The molecule has 0 heterocycles. The number of ketones is 2. The van der Waals surface area contributed by atoms with Crippen LogP contribution in [0.1, 0.15) is 34.1 Å². The minimum absolute atomic E-state index is 0.0425. The lowest BCUT2D eigenvalue weighted by molar-refractivity contribution is -0.120. The van der Waals surface area contributed by atoms with Crippen LogP contribution >= 0.6 is 0 Å². The normalized spacial score (nSPS) is 48.5. The van der Waals surface area contributed by atoms with Crippen LogP contribution in [0.15, 0.2) is 11.6 Å². The molecule has 4 atom stereocenters. The Kier molecular flexibility index (Phi) is 1.60. The first-order valence-electron chi connectivity index (χ1n) is 6.10. The molecule has 0 aromatic heterocycles. The first-order valence-corrected chi connectivity index (χ1v) is 6.10. The fourth-order valence-electron chi connectivity index (χ4n) is 4.38. The van der Waals surface area contributed by atoms with Gasteiger partial charge in [0.15, 0.2) is 11.6 Å². The molecule has 0 radical (unpaired) electrons. The van der Waals surface area contributed by atoms with Crippen LogP contribution in [0.4, 0.5) is 0 Å². The predicted molar refractivity (Wildman–Crippen MR) is 60.7 cm³/mol. The van der Waals surface area contributed by atoms with Gasteiger partial charge in [0.2, 0.25) is 0 Å². The summed E-state index contributed by atoms with van der Waals surface area (Å²) in [6, 6.07) is 0. The average molecular weight is 218 g/mol. The third-order valence-corrected chi connectivity index (χ3v) is 5.44. The predicted octanol–water partition coefficient (Wildman–Crippen LogP) is 2.38. The molecule has 0 aromatic carbocycles. The number of carbonyl (C=O) groups excluding carboxylic acids is 2. The minimum atomic E-state index is -0.0425. The van der Waals surface area contributed by atoms with Crippen LogP contribution in [0.2, 0.25) is 0 Å². The summed E-state index contributed by atoms with van der Waals surface area (Å²) < 4.78 is 0. The smallest absolute Gasteiger partial charge is 0.163 e. The minimum Gasteiger partial charge on any atom is -0.295 e. The molecule has 0 N–H and O–H groups in total. The van der Waals surface area contributed by atoms with Gasteiger partial charge in [-0.25, -0.2) is 0 Å². The SMILES string of the molecule is CC1CC(=O)C=C2C(=O)C3C(C3(C)C)C21C. The van der Waals surface area contributed by atoms with E-state index in [1.807, 2.05) is 0 Å². The summed E-state index contributed by atoms with van der Waals surface area (Å²) in [5.41, 5.74) is 0.933. The average Bonchev–Trinajstić information content (AvgIpc) is 2.64. The Morgan fingerprint density at radius 1 is 1.25 bits per heavy atom. The summed E-state index contributed by atoms with van der Waals surface area (Å²) in [5.74, 6) is 1.32. The molecule has 0 spiro atoms. The molecule has 16 heavy (non-hydrogen) atoms. The van der Waals surface area contributed by atoms with Gasteiger partial charge >= 0.3 is 0 Å². The summed E-state index contributed by atoms with van der Waals surface area (Å²) in [7, 11) is 0. The molecule has 3 aliphatic rings. The largest absolute Gasteiger partial charge is 0.295 e. The number of fused-ring (bicyclic) bond motifs is 3. The zero-order valence-corrected chi connectivity index (χ0v) is 10.3. The molecular weight excluding hydrogens is 200 g/mol. The Hall–Kier alpha value is -0.920. The van der Waals surface area contributed by atoms with Crippen molar-refractivity contribution < 1.29 is 9.59 Å². The van der Waals surface area contributed by atoms with Crippen molar-refractivity contribution in [1.82, 2.24) is 0 Å². The highest BCUT2D eigenvalue weighted by molar-refractivity contribution is 6.10. The van der Waals surface area contributed by atoms with Crippen molar-refractivity contribution in [2.75, 3.05) is 0 Å². The second-order valence-corrected chi connectivity index (χ2v) is 6.55. The molecule has 0 saturated heterocycles. The summed E-state index contributed by atoms with van der Waals surface area (Å²) >= 11 is 0. The molecule has 0 bridgehead atoms. The van der Waals surface area contributed by atoms with Crippen molar-refractivity contribution in [3.8, 4) is 0 Å². The van der Waals surface area contributed by atoms with Gasteiger partial charge in [0, 0.05) is 23.3 Å². The number of hydrogen-bond donors (Lipinski definition) is 0. The highest BCUT2D eigenvalue weighted by Gasteiger charge is 2.76. The summed E-state index contributed by atoms with van der Waals surface area (Å²) in [6.45, 7) is 8.68. The third-order valence-electron chi connectivity index (χ3n) is 5.44. The molecule has 2 nitrogen and oxygen atoms in total. The van der Waals surface area contributed by atoms with Crippen LogP contribution in [-0.4, -0.2) is 11.6 Å². The second-order valence-electron chi connectivity index (χ2n) is 6.55. The van der Waals surface area contributed by atoms with E-state index < -0.39 is 0 Å². The fourth-order valence-corrected chi connectivity index (χ4v) is 4.38. The lowest BCUT2D eigenvalue weighted by atomic mass is 9.63. The van der Waals surface area contributed by atoms with Gasteiger partial charge in [0.25, 0.3) is 0 Å². The van der Waals surface area contributed by atoms with Crippen LogP contribution in [0, 0.1) is 28.6 Å². The molecule has 2 heteroatoms. The maximum atomic E-state index is 12.3. The van der Waals surface area contributed by atoms with Gasteiger partial charge in [-0.1, -0.05) is 27.7 Å². The Bertz CT molecular complexity index is 444. The molecule has 2 fully saturated rings. The van der Waals surface area contributed by atoms with Gasteiger partial charge in [-0.3, -0.25) is 9.59 Å². The maximum absolute atomic E-state index is 12.3. The zero-order chi connectivity index (χ0) is 11.9. The molecule has 2 saturated carbocycles. The monoisotopic (exact) mass is 218 g/mol. The van der Waals surface area contributed by atoms with Gasteiger partial charge in [-0.2, -0.15) is 0 Å². The van der Waals surface area contributed by atoms with Crippen molar-refractivity contribution in [1.29, 1.82) is 0 Å². The van der Waals surface area contributed by atoms with Crippen molar-refractivity contribution in [3.63, 3.8) is 0 Å². The summed E-state index contributed by atoms with van der Waals surface area (Å²) in [5, 5.41) is 0. The van der Waals surface area contributed by atoms with E-state index in [2.05, 4.69) is 27.7 Å². The number of rotatable bonds is 0. The Balaban J connectivity index is 2.16. The van der Waals surface area contributed by atoms with E-state index in [9.17, 15) is 9.59 Å². The molecule has 0 amide bonds. The Morgan fingerprint density at radius 3 is 2.50 bits per heavy atom. The fraction of sp³-hybridized carbons (Fsp3) is 0.714. The van der Waals surface area contributed by atoms with Crippen molar-refractivity contribution in [2.45, 2.75) is 34.1 Å². The van der Waals surface area contributed by atoms with Gasteiger partial charge in [0.1, 0.15) is 0 Å². The van der Waals surface area contributed by atoms with Crippen LogP contribution in [0.5, 0.6) is 0 Å². The Morgan fingerprint density at radius 2 is 1.88 bits per heavy atom. The van der Waals surface area contributed by atoms with Crippen LogP contribution in [0.3, 0.4) is 0 Å². The van der Waals surface area contributed by atoms with Gasteiger partial charge in [-0.05, 0) is 23.3 Å². The first-order chi connectivity index (χ1) is 7.31. The van der Waals surface area contributed by atoms with E-state index in [1.165, 1.54) is 0 Å². The van der Waals surface area contributed by atoms with Crippen molar-refractivity contribution in [2.24, 2.45) is 28.6 Å². The van der Waals surface area contributed by atoms with Crippen molar-refractivity contribution >= 4 is 11.6 Å². The standard InChI is InChI=1S/C14H18O2/c1-7-5-8(15)6-9-11(16)10-12(13(10,2)3)14(7,9)4/h6-7,10,12H,5H2,1-4H3. The van der Waals surface area contributed by atoms with Gasteiger partial charge in [0.05, 0.1) is 0 Å². The van der Waals surface area contributed by atoms with E-state index in [0.29, 0.717) is 18.3 Å². The van der Waals surface area contributed by atoms with Crippen LogP contribution in [-0.2, 0) is 9.59 Å².